The van der Waals surface area contributed by atoms with Crippen molar-refractivity contribution in [3.05, 3.63) is 42.0 Å². The maximum absolute atomic E-state index is 4.73. The van der Waals surface area contributed by atoms with Crippen LogP contribution in [0.2, 0.25) is 0 Å². The van der Waals surface area contributed by atoms with Crippen LogP contribution in [-0.2, 0) is 0 Å². The average molecular weight is 283 g/mol. The summed E-state index contributed by atoms with van der Waals surface area (Å²) in [5, 5.41) is 3.26. The fraction of sp³-hybridized carbons (Fsp3) is 0.438. The number of nitrogens with one attached hydrogen (secondary N) is 1. The lowest BCUT2D eigenvalue weighted by Crippen LogP contribution is -2.31. The monoisotopic (exact) mass is 283 g/mol. The van der Waals surface area contributed by atoms with E-state index >= 15 is 0 Å². The molecule has 21 heavy (non-hydrogen) atoms. The van der Waals surface area contributed by atoms with Crippen molar-refractivity contribution in [2.45, 2.75) is 25.7 Å². The number of rotatable bonds is 3. The number of aryl methyl sites for hydroxylation is 1. The summed E-state index contributed by atoms with van der Waals surface area (Å²) in [5.74, 6) is 1.13. The molecule has 0 bridgehead atoms. The molecule has 0 aliphatic carbocycles. The Morgan fingerprint density at radius 3 is 2.81 bits per heavy atom. The molecule has 3 heterocycles. The average Bonchev–Trinajstić information content (AvgIpc) is 2.48. The molecule has 0 unspecified atom stereocenters. The van der Waals surface area contributed by atoms with Crippen LogP contribution < -0.4 is 5.32 Å². The number of anilines is 2. The third-order valence-electron chi connectivity index (χ3n) is 3.84. The number of hydrogen-bond donors (Lipinski definition) is 1. The molecule has 0 amide bonds. The summed E-state index contributed by atoms with van der Waals surface area (Å²) in [6.07, 6.45) is 5.92. The number of likely N-dealkylation sites (tertiary alicyclic amines) is 1. The number of likely N-dealkylation sites (N-methyl/N-ethyl adjacent to an activating group) is 1. The lowest BCUT2D eigenvalue weighted by molar-refractivity contribution is 0.248. The Labute approximate surface area is 125 Å². The van der Waals surface area contributed by atoms with E-state index in [0.29, 0.717) is 11.9 Å². The summed E-state index contributed by atoms with van der Waals surface area (Å²) in [6, 6.07) is 5.98. The van der Waals surface area contributed by atoms with E-state index in [-0.39, 0.29) is 0 Å². The molecule has 5 nitrogen and oxygen atoms in total. The molecule has 0 radical (unpaired) electrons. The SMILES string of the molecule is Cc1cc(Nc2ncccn2)cc([C@@H]2CCCN(C)C2)n1. The van der Waals surface area contributed by atoms with Gasteiger partial charge in [0.15, 0.2) is 0 Å². The quantitative estimate of drug-likeness (QED) is 0.938. The van der Waals surface area contributed by atoms with Crippen LogP contribution in [0.5, 0.6) is 0 Å². The zero-order valence-electron chi connectivity index (χ0n) is 12.6. The lowest BCUT2D eigenvalue weighted by Gasteiger charge is -2.29. The van der Waals surface area contributed by atoms with E-state index < -0.39 is 0 Å². The first-order valence-electron chi connectivity index (χ1n) is 7.42. The molecule has 5 heteroatoms. The summed E-state index contributed by atoms with van der Waals surface area (Å²) in [7, 11) is 2.18. The minimum absolute atomic E-state index is 0.515. The first kappa shape index (κ1) is 13.9. The van der Waals surface area contributed by atoms with Gasteiger partial charge in [0.05, 0.1) is 0 Å². The Morgan fingerprint density at radius 2 is 2.05 bits per heavy atom. The van der Waals surface area contributed by atoms with Gasteiger partial charge < -0.3 is 10.2 Å². The smallest absolute Gasteiger partial charge is 0.227 e. The number of pyridine rings is 1. The molecule has 0 aromatic carbocycles. The molecule has 1 aliphatic heterocycles. The van der Waals surface area contributed by atoms with Gasteiger partial charge in [-0.15, -0.1) is 0 Å². The normalized spacial score (nSPS) is 19.4. The van der Waals surface area contributed by atoms with Gasteiger partial charge in [-0.05, 0) is 51.6 Å². The summed E-state index contributed by atoms with van der Waals surface area (Å²) in [6.45, 7) is 4.30. The van der Waals surface area contributed by atoms with Crippen molar-refractivity contribution in [3.8, 4) is 0 Å². The fourth-order valence-electron chi connectivity index (χ4n) is 2.88. The van der Waals surface area contributed by atoms with Gasteiger partial charge in [0.1, 0.15) is 0 Å². The van der Waals surface area contributed by atoms with Crippen molar-refractivity contribution in [1.29, 1.82) is 0 Å². The summed E-state index contributed by atoms with van der Waals surface area (Å²) < 4.78 is 0. The zero-order chi connectivity index (χ0) is 14.7. The topological polar surface area (TPSA) is 53.9 Å². The van der Waals surface area contributed by atoms with Crippen molar-refractivity contribution in [2.24, 2.45) is 0 Å². The predicted molar refractivity (Wildman–Crippen MR) is 83.8 cm³/mol. The molecule has 110 valence electrons. The van der Waals surface area contributed by atoms with Gasteiger partial charge in [-0.25, -0.2) is 9.97 Å². The van der Waals surface area contributed by atoms with Gasteiger partial charge in [-0.2, -0.15) is 0 Å². The van der Waals surface area contributed by atoms with Gasteiger partial charge in [0.2, 0.25) is 5.95 Å². The Balaban J connectivity index is 1.82. The standard InChI is InChI=1S/C16H21N5/c1-12-9-14(20-16-17-6-4-7-18-16)10-15(19-12)13-5-3-8-21(2)11-13/h4,6-7,9-10,13H,3,5,8,11H2,1-2H3,(H,17,18,19,20)/t13-/m1/s1. The number of aromatic nitrogens is 3. The van der Waals surface area contributed by atoms with Crippen LogP contribution in [0.3, 0.4) is 0 Å². The lowest BCUT2D eigenvalue weighted by atomic mass is 9.94. The Kier molecular flexibility index (Phi) is 4.10. The second-order valence-electron chi connectivity index (χ2n) is 5.72. The molecule has 1 aliphatic rings. The van der Waals surface area contributed by atoms with Crippen molar-refractivity contribution in [2.75, 3.05) is 25.5 Å². The van der Waals surface area contributed by atoms with Gasteiger partial charge in [-0.1, -0.05) is 0 Å². The minimum Gasteiger partial charge on any atom is -0.324 e. The Hall–Kier alpha value is -2.01. The van der Waals surface area contributed by atoms with E-state index in [0.717, 1.165) is 17.9 Å². The number of nitrogens with zero attached hydrogens (tertiary/aromatic N) is 4. The van der Waals surface area contributed by atoms with Crippen LogP contribution in [0.25, 0.3) is 0 Å². The van der Waals surface area contributed by atoms with Gasteiger partial charge in [0.25, 0.3) is 0 Å². The number of piperidine rings is 1. The van der Waals surface area contributed by atoms with Crippen LogP contribution in [0.15, 0.2) is 30.6 Å². The molecule has 0 spiro atoms. The highest BCUT2D eigenvalue weighted by Crippen LogP contribution is 2.27. The maximum Gasteiger partial charge on any atom is 0.227 e. The second kappa shape index (κ2) is 6.18. The molecule has 1 N–H and O–H groups in total. The first-order valence-corrected chi connectivity index (χ1v) is 7.42. The van der Waals surface area contributed by atoms with E-state index in [9.17, 15) is 0 Å². The van der Waals surface area contributed by atoms with E-state index in [4.69, 9.17) is 4.98 Å². The van der Waals surface area contributed by atoms with Crippen LogP contribution in [-0.4, -0.2) is 40.0 Å². The minimum atomic E-state index is 0.515. The molecule has 3 rings (SSSR count). The predicted octanol–water partition coefficient (Wildman–Crippen LogP) is 2.73. The van der Waals surface area contributed by atoms with E-state index in [1.807, 2.05) is 19.1 Å². The fourth-order valence-corrected chi connectivity index (χ4v) is 2.88. The molecule has 1 atom stereocenters. The zero-order valence-corrected chi connectivity index (χ0v) is 12.6. The Bertz CT molecular complexity index is 599. The van der Waals surface area contributed by atoms with Crippen LogP contribution in [0.4, 0.5) is 11.6 Å². The highest BCUT2D eigenvalue weighted by Gasteiger charge is 2.20. The molecule has 1 fully saturated rings. The molecular weight excluding hydrogens is 262 g/mol. The molecule has 2 aromatic heterocycles. The third kappa shape index (κ3) is 3.55. The van der Waals surface area contributed by atoms with E-state index in [1.165, 1.54) is 25.1 Å². The van der Waals surface area contributed by atoms with Crippen LogP contribution in [0, 0.1) is 6.92 Å². The largest absolute Gasteiger partial charge is 0.324 e. The summed E-state index contributed by atoms with van der Waals surface area (Å²) in [4.78, 5) is 15.5. The molecular formula is C16H21N5. The highest BCUT2D eigenvalue weighted by atomic mass is 15.1. The van der Waals surface area contributed by atoms with Crippen molar-refractivity contribution >= 4 is 11.6 Å². The van der Waals surface area contributed by atoms with Crippen molar-refractivity contribution < 1.29 is 0 Å². The summed E-state index contributed by atoms with van der Waals surface area (Å²) >= 11 is 0. The number of hydrogen-bond acceptors (Lipinski definition) is 5. The van der Waals surface area contributed by atoms with Gasteiger partial charge in [0, 0.05) is 41.9 Å². The first-order chi connectivity index (χ1) is 10.2. The maximum atomic E-state index is 4.73. The van der Waals surface area contributed by atoms with Crippen molar-refractivity contribution in [1.82, 2.24) is 19.9 Å². The third-order valence-corrected chi connectivity index (χ3v) is 3.84. The Morgan fingerprint density at radius 1 is 1.24 bits per heavy atom. The van der Waals surface area contributed by atoms with Gasteiger partial charge in [-0.3, -0.25) is 4.98 Å². The second-order valence-corrected chi connectivity index (χ2v) is 5.72. The molecule has 1 saturated heterocycles. The summed E-state index contributed by atoms with van der Waals surface area (Å²) in [5.41, 5.74) is 3.20. The van der Waals surface area contributed by atoms with Crippen LogP contribution >= 0.6 is 0 Å². The van der Waals surface area contributed by atoms with E-state index in [1.54, 1.807) is 12.4 Å². The van der Waals surface area contributed by atoms with Crippen LogP contribution in [0.1, 0.15) is 30.1 Å². The molecule has 0 saturated carbocycles. The van der Waals surface area contributed by atoms with Crippen molar-refractivity contribution in [3.63, 3.8) is 0 Å². The van der Waals surface area contributed by atoms with Gasteiger partial charge >= 0.3 is 0 Å². The van der Waals surface area contributed by atoms with E-state index in [2.05, 4.69) is 33.3 Å². The molecule has 2 aromatic rings. The highest BCUT2D eigenvalue weighted by molar-refractivity contribution is 5.54.